The second-order valence-corrected chi connectivity index (χ2v) is 4.80. The first-order valence-electron chi connectivity index (χ1n) is 5.39. The van der Waals surface area contributed by atoms with Gasteiger partial charge in [-0.05, 0) is 30.5 Å². The Labute approximate surface area is 108 Å². The molecule has 2 nitrogen and oxygen atoms in total. The average Bonchev–Trinajstić information content (AvgIpc) is 2.26. The normalized spacial score (nSPS) is 12.2. The van der Waals surface area contributed by atoms with E-state index in [9.17, 15) is 13.6 Å². The number of carbonyl (C=O) groups excluding carboxylic acids is 1. The van der Waals surface area contributed by atoms with Gasteiger partial charge in [0.15, 0.2) is 0 Å². The highest BCUT2D eigenvalue weighted by Crippen LogP contribution is 2.08. The SMILES string of the molecule is CCC(Br)C(=O)NCCc1cc(F)cc(F)c1. The zero-order valence-electron chi connectivity index (χ0n) is 9.47. The lowest BCUT2D eigenvalue weighted by Gasteiger charge is -2.08. The van der Waals surface area contributed by atoms with Gasteiger partial charge in [0.2, 0.25) is 5.91 Å². The second kappa shape index (κ2) is 6.69. The van der Waals surface area contributed by atoms with Gasteiger partial charge in [0.05, 0.1) is 4.83 Å². The van der Waals surface area contributed by atoms with E-state index in [1.54, 1.807) is 0 Å². The van der Waals surface area contributed by atoms with Gasteiger partial charge in [0.25, 0.3) is 0 Å². The monoisotopic (exact) mass is 305 g/mol. The van der Waals surface area contributed by atoms with Crippen molar-refractivity contribution in [1.29, 1.82) is 0 Å². The van der Waals surface area contributed by atoms with Crippen molar-refractivity contribution in [1.82, 2.24) is 5.32 Å². The van der Waals surface area contributed by atoms with E-state index in [1.165, 1.54) is 12.1 Å². The van der Waals surface area contributed by atoms with E-state index in [0.717, 1.165) is 6.07 Å². The summed E-state index contributed by atoms with van der Waals surface area (Å²) in [7, 11) is 0. The first kappa shape index (κ1) is 14.1. The number of amides is 1. The standard InChI is InChI=1S/C12H14BrF2NO/c1-2-11(13)12(17)16-4-3-8-5-9(14)7-10(15)6-8/h5-7,11H,2-4H2,1H3,(H,16,17). The van der Waals surface area contributed by atoms with E-state index < -0.39 is 11.6 Å². The zero-order valence-corrected chi connectivity index (χ0v) is 11.1. The molecular weight excluding hydrogens is 292 g/mol. The van der Waals surface area contributed by atoms with Crippen molar-refractivity contribution in [2.45, 2.75) is 24.6 Å². The average molecular weight is 306 g/mol. The Morgan fingerprint density at radius 2 is 1.94 bits per heavy atom. The van der Waals surface area contributed by atoms with Crippen LogP contribution in [0.15, 0.2) is 18.2 Å². The van der Waals surface area contributed by atoms with Crippen LogP contribution in [0.25, 0.3) is 0 Å². The van der Waals surface area contributed by atoms with Crippen molar-refractivity contribution in [2.24, 2.45) is 0 Å². The molecule has 1 rings (SSSR count). The molecule has 5 heteroatoms. The molecule has 1 aromatic carbocycles. The van der Waals surface area contributed by atoms with E-state index in [2.05, 4.69) is 21.2 Å². The molecule has 0 radical (unpaired) electrons. The van der Waals surface area contributed by atoms with Crippen LogP contribution in [0.4, 0.5) is 8.78 Å². The van der Waals surface area contributed by atoms with Crippen molar-refractivity contribution < 1.29 is 13.6 Å². The van der Waals surface area contributed by atoms with Gasteiger partial charge in [0.1, 0.15) is 11.6 Å². The van der Waals surface area contributed by atoms with Gasteiger partial charge >= 0.3 is 0 Å². The lowest BCUT2D eigenvalue weighted by atomic mass is 10.1. The van der Waals surface area contributed by atoms with Crippen LogP contribution < -0.4 is 5.32 Å². The van der Waals surface area contributed by atoms with Gasteiger partial charge in [-0.25, -0.2) is 8.78 Å². The van der Waals surface area contributed by atoms with Gasteiger partial charge in [-0.2, -0.15) is 0 Å². The largest absolute Gasteiger partial charge is 0.355 e. The topological polar surface area (TPSA) is 29.1 Å². The molecule has 1 N–H and O–H groups in total. The highest BCUT2D eigenvalue weighted by molar-refractivity contribution is 9.10. The van der Waals surface area contributed by atoms with Gasteiger partial charge < -0.3 is 5.32 Å². The Hall–Kier alpha value is -0.970. The number of carbonyl (C=O) groups is 1. The van der Waals surface area contributed by atoms with Crippen LogP contribution in [0, 0.1) is 11.6 Å². The fourth-order valence-electron chi connectivity index (χ4n) is 1.38. The lowest BCUT2D eigenvalue weighted by molar-refractivity contribution is -0.120. The van der Waals surface area contributed by atoms with Crippen molar-refractivity contribution in [3.8, 4) is 0 Å². The molecule has 0 heterocycles. The van der Waals surface area contributed by atoms with E-state index in [1.807, 2.05) is 6.92 Å². The summed E-state index contributed by atoms with van der Waals surface area (Å²) in [6, 6.07) is 3.36. The number of nitrogens with one attached hydrogen (secondary N) is 1. The predicted octanol–water partition coefficient (Wildman–Crippen LogP) is 2.80. The fourth-order valence-corrected chi connectivity index (χ4v) is 1.54. The highest BCUT2D eigenvalue weighted by atomic mass is 79.9. The summed E-state index contributed by atoms with van der Waals surface area (Å²) in [5.74, 6) is -1.30. The third-order valence-corrected chi connectivity index (χ3v) is 3.34. The Balaban J connectivity index is 2.43. The van der Waals surface area contributed by atoms with Crippen LogP contribution >= 0.6 is 15.9 Å². The van der Waals surface area contributed by atoms with Crippen LogP contribution in [-0.4, -0.2) is 17.3 Å². The summed E-state index contributed by atoms with van der Waals surface area (Å²) < 4.78 is 25.7. The minimum atomic E-state index is -0.599. The molecule has 0 bridgehead atoms. The second-order valence-electron chi connectivity index (χ2n) is 3.69. The third-order valence-electron chi connectivity index (χ3n) is 2.28. The van der Waals surface area contributed by atoms with Crippen LogP contribution in [0.5, 0.6) is 0 Å². The number of halogens is 3. The lowest BCUT2D eigenvalue weighted by Crippen LogP contribution is -2.32. The molecule has 0 aromatic heterocycles. The Morgan fingerprint density at radius 1 is 1.35 bits per heavy atom. The maximum Gasteiger partial charge on any atom is 0.233 e. The summed E-state index contributed by atoms with van der Waals surface area (Å²) in [4.78, 5) is 11.2. The van der Waals surface area contributed by atoms with Crippen molar-refractivity contribution in [3.63, 3.8) is 0 Å². The highest BCUT2D eigenvalue weighted by Gasteiger charge is 2.11. The Morgan fingerprint density at radius 3 is 2.47 bits per heavy atom. The van der Waals surface area contributed by atoms with Gasteiger partial charge in [0, 0.05) is 12.6 Å². The van der Waals surface area contributed by atoms with Crippen LogP contribution in [-0.2, 0) is 11.2 Å². The number of alkyl halides is 1. The summed E-state index contributed by atoms with van der Waals surface area (Å²) in [5, 5.41) is 2.69. The number of hydrogen-bond acceptors (Lipinski definition) is 1. The quantitative estimate of drug-likeness (QED) is 0.833. The molecule has 0 fully saturated rings. The van der Waals surface area contributed by atoms with Gasteiger partial charge in [-0.15, -0.1) is 0 Å². The minimum absolute atomic E-state index is 0.107. The molecule has 17 heavy (non-hydrogen) atoms. The molecule has 1 atom stereocenters. The summed E-state index contributed by atoms with van der Waals surface area (Å²) in [6.45, 7) is 2.25. The summed E-state index contributed by atoms with van der Waals surface area (Å²) in [6.07, 6.45) is 1.10. The minimum Gasteiger partial charge on any atom is -0.355 e. The number of rotatable bonds is 5. The van der Waals surface area contributed by atoms with E-state index >= 15 is 0 Å². The van der Waals surface area contributed by atoms with Crippen molar-refractivity contribution in [2.75, 3.05) is 6.54 Å². The maximum absolute atomic E-state index is 12.9. The molecular formula is C12H14BrF2NO. The molecule has 1 amide bonds. The predicted molar refractivity (Wildman–Crippen MR) is 66.1 cm³/mol. The number of hydrogen-bond donors (Lipinski definition) is 1. The first-order valence-corrected chi connectivity index (χ1v) is 6.31. The number of benzene rings is 1. The van der Waals surface area contributed by atoms with Crippen molar-refractivity contribution in [3.05, 3.63) is 35.4 Å². The molecule has 94 valence electrons. The molecule has 0 saturated heterocycles. The molecule has 1 aromatic rings. The Bertz CT molecular complexity index is 378. The smallest absolute Gasteiger partial charge is 0.233 e. The molecule has 0 saturated carbocycles. The van der Waals surface area contributed by atoms with Crippen molar-refractivity contribution >= 4 is 21.8 Å². The summed E-state index contributed by atoms with van der Waals surface area (Å²) >= 11 is 3.22. The van der Waals surface area contributed by atoms with Crippen LogP contribution in [0.1, 0.15) is 18.9 Å². The molecule has 0 spiro atoms. The maximum atomic E-state index is 12.9. The van der Waals surface area contributed by atoms with Gasteiger partial charge in [-0.1, -0.05) is 22.9 Å². The van der Waals surface area contributed by atoms with Crippen LogP contribution in [0.2, 0.25) is 0 Å². The molecule has 0 aliphatic heterocycles. The van der Waals surface area contributed by atoms with Crippen LogP contribution in [0.3, 0.4) is 0 Å². The van der Waals surface area contributed by atoms with E-state index in [-0.39, 0.29) is 10.7 Å². The van der Waals surface area contributed by atoms with E-state index in [0.29, 0.717) is 24.9 Å². The Kier molecular flexibility index (Phi) is 5.55. The summed E-state index contributed by atoms with van der Waals surface area (Å²) in [5.41, 5.74) is 0.533. The first-order chi connectivity index (χ1) is 8.02. The third kappa shape index (κ3) is 4.81. The zero-order chi connectivity index (χ0) is 12.8. The molecule has 0 aliphatic carbocycles. The molecule has 1 unspecified atom stereocenters. The van der Waals surface area contributed by atoms with Gasteiger partial charge in [-0.3, -0.25) is 4.79 Å². The fraction of sp³-hybridized carbons (Fsp3) is 0.417. The van der Waals surface area contributed by atoms with E-state index in [4.69, 9.17) is 0 Å². The molecule has 0 aliphatic rings.